The summed E-state index contributed by atoms with van der Waals surface area (Å²) < 4.78 is -0.986. The molecule has 0 amide bonds. The van der Waals surface area contributed by atoms with Gasteiger partial charge in [-0.05, 0) is 5.57 Å². The summed E-state index contributed by atoms with van der Waals surface area (Å²) in [6.45, 7) is 2.18. The maximum Gasteiger partial charge on any atom is 0.153 e. The molecule has 0 radical (unpaired) electrons. The summed E-state index contributed by atoms with van der Waals surface area (Å²) in [7, 11) is 0. The minimum atomic E-state index is -0.354. The number of hydrogen-bond donors (Lipinski definition) is 1. The Morgan fingerprint density at radius 1 is 0.857 bits per heavy atom. The molecular weight excluding hydrogens is 869 g/mol. The van der Waals surface area contributed by atoms with E-state index in [1.54, 1.807) is 0 Å². The van der Waals surface area contributed by atoms with Crippen molar-refractivity contribution in [2.24, 2.45) is 0 Å². The number of nitrogens with zero attached hydrogens (tertiary/aromatic N) is 2. The normalized spacial score (nSPS) is 18.9. The zero-order valence-corrected chi connectivity index (χ0v) is 24.5. The lowest BCUT2D eigenvalue weighted by molar-refractivity contribution is 0.0552. The van der Waals surface area contributed by atoms with Gasteiger partial charge in [0.2, 0.25) is 0 Å². The van der Waals surface area contributed by atoms with Crippen molar-refractivity contribution in [3.05, 3.63) is 11.8 Å². The van der Waals surface area contributed by atoms with Gasteiger partial charge in [0.05, 0.1) is 13.1 Å². The van der Waals surface area contributed by atoms with Gasteiger partial charge in [-0.1, -0.05) is 143 Å². The molecule has 3 nitrogen and oxygen atoms in total. The molecule has 1 N–H and O–H groups in total. The first-order valence-electron chi connectivity index (χ1n) is 5.41. The van der Waals surface area contributed by atoms with Gasteiger partial charge in [0, 0.05) is 19.2 Å². The lowest BCUT2D eigenvalue weighted by Gasteiger charge is -2.39. The van der Waals surface area contributed by atoms with Crippen LogP contribution in [0.4, 0.5) is 0 Å². The Labute approximate surface area is 200 Å². The van der Waals surface area contributed by atoms with Crippen LogP contribution in [0, 0.1) is 0 Å². The zero-order chi connectivity index (χ0) is 16.5. The second-order valence-corrected chi connectivity index (χ2v) is 26.2. The van der Waals surface area contributed by atoms with Gasteiger partial charge in [0.15, 0.2) is 2.14 Å². The summed E-state index contributed by atoms with van der Waals surface area (Å²) in [5, 5.41) is 4.11. The highest BCUT2D eigenvalue weighted by molar-refractivity contribution is 9.40. The van der Waals surface area contributed by atoms with Crippen LogP contribution in [0.1, 0.15) is 6.42 Å². The van der Waals surface area contributed by atoms with Crippen LogP contribution in [-0.2, 0) is 0 Å². The number of alkyl halides is 9. The van der Waals surface area contributed by atoms with Gasteiger partial charge in [-0.3, -0.25) is 5.01 Å². The van der Waals surface area contributed by atoms with Crippen LogP contribution >= 0.6 is 143 Å². The van der Waals surface area contributed by atoms with Crippen LogP contribution in [0.25, 0.3) is 0 Å². The van der Waals surface area contributed by atoms with E-state index in [2.05, 4.69) is 160 Å². The molecule has 0 aromatic carbocycles. The molecule has 0 saturated heterocycles. The Morgan fingerprint density at radius 2 is 1.38 bits per heavy atom. The van der Waals surface area contributed by atoms with Gasteiger partial charge in [-0.2, -0.15) is 5.53 Å². The van der Waals surface area contributed by atoms with Crippen LogP contribution in [0.5, 0.6) is 0 Å². The Kier molecular flexibility index (Phi) is 9.91. The molecule has 0 aromatic heterocycles. The van der Waals surface area contributed by atoms with E-state index in [4.69, 9.17) is 0 Å². The van der Waals surface area contributed by atoms with Crippen molar-refractivity contribution in [2.45, 2.75) is 12.8 Å². The van der Waals surface area contributed by atoms with Crippen molar-refractivity contribution < 1.29 is 0 Å². The molecule has 1 rings (SSSR count). The van der Waals surface area contributed by atoms with E-state index in [0.29, 0.717) is 13.1 Å². The summed E-state index contributed by atoms with van der Waals surface area (Å²) in [6.07, 6.45) is 2.91. The molecule has 0 bridgehead atoms. The summed E-state index contributed by atoms with van der Waals surface area (Å²) in [6, 6.07) is 0. The van der Waals surface area contributed by atoms with Gasteiger partial charge in [0.25, 0.3) is 0 Å². The molecule has 1 heterocycles. The SMILES string of the molecule is BrC(Br)(Br)CC1=CN(CC(Br)(Br)Br)NN(CC(Br)(Br)Br)C1. The third-order valence-corrected chi connectivity index (χ3v) is 4.50. The fraction of sp³-hybridized carbons (Fsp3) is 0.778. The number of halogens is 9. The standard InChI is InChI=1S/C9H10Br9N3/c10-7(11,12)1-6-2-20(4-8(13,14)15)19-21(3-6)5-9(16,17)18/h2,19H,1,3-5H2. The highest BCUT2D eigenvalue weighted by atomic mass is 80.0. The van der Waals surface area contributed by atoms with Crippen molar-refractivity contribution in [1.29, 1.82) is 0 Å². The molecule has 12 heteroatoms. The topological polar surface area (TPSA) is 18.5 Å². The van der Waals surface area contributed by atoms with E-state index in [1.807, 2.05) is 5.01 Å². The number of hydrogen-bond acceptors (Lipinski definition) is 3. The Hall–Kier alpha value is 3.78. The zero-order valence-electron chi connectivity index (χ0n) is 10.2. The van der Waals surface area contributed by atoms with Crippen molar-refractivity contribution in [3.63, 3.8) is 0 Å². The van der Waals surface area contributed by atoms with E-state index < -0.39 is 0 Å². The van der Waals surface area contributed by atoms with Crippen molar-refractivity contribution in [2.75, 3.05) is 19.6 Å². The van der Waals surface area contributed by atoms with E-state index >= 15 is 0 Å². The summed E-state index contributed by atoms with van der Waals surface area (Å²) >= 11 is 31.8. The summed E-state index contributed by atoms with van der Waals surface area (Å²) in [5.41, 5.74) is 4.60. The first-order chi connectivity index (χ1) is 9.23. The Morgan fingerprint density at radius 3 is 1.81 bits per heavy atom. The van der Waals surface area contributed by atoms with Crippen LogP contribution in [-0.4, -0.2) is 36.1 Å². The van der Waals surface area contributed by atoms with E-state index in [9.17, 15) is 0 Å². The highest BCUT2D eigenvalue weighted by Gasteiger charge is 2.31. The average molecular weight is 879 g/mol. The molecule has 21 heavy (non-hydrogen) atoms. The van der Waals surface area contributed by atoms with Crippen molar-refractivity contribution in [1.82, 2.24) is 15.6 Å². The average Bonchev–Trinajstić information content (AvgIpc) is 2.06. The molecule has 0 spiro atoms. The quantitative estimate of drug-likeness (QED) is 0.315. The molecule has 0 unspecified atom stereocenters. The van der Waals surface area contributed by atoms with Gasteiger partial charge >= 0.3 is 0 Å². The highest BCUT2D eigenvalue weighted by Crippen LogP contribution is 2.41. The number of rotatable bonds is 3. The fourth-order valence-electron chi connectivity index (χ4n) is 1.69. The largest absolute Gasteiger partial charge is 0.299 e. The predicted molar refractivity (Wildman–Crippen MR) is 123 cm³/mol. The smallest absolute Gasteiger partial charge is 0.153 e. The molecule has 0 fully saturated rings. The molecule has 1 aliphatic rings. The van der Waals surface area contributed by atoms with Crippen LogP contribution in [0.15, 0.2) is 11.8 Å². The molecule has 124 valence electrons. The van der Waals surface area contributed by atoms with Gasteiger partial charge in [-0.25, -0.2) is 5.01 Å². The maximum absolute atomic E-state index is 3.56. The molecule has 1 aliphatic heterocycles. The molecule has 0 aliphatic carbocycles. The molecule has 0 saturated carbocycles. The second kappa shape index (κ2) is 9.12. The first kappa shape index (κ1) is 22.8. The first-order valence-corrected chi connectivity index (χ1v) is 12.5. The Balaban J connectivity index is 2.84. The van der Waals surface area contributed by atoms with Crippen LogP contribution < -0.4 is 5.53 Å². The minimum absolute atomic E-state index is 0.296. The third kappa shape index (κ3) is 11.9. The van der Waals surface area contributed by atoms with Crippen molar-refractivity contribution >= 4 is 143 Å². The third-order valence-electron chi connectivity index (χ3n) is 2.15. The summed E-state index contributed by atoms with van der Waals surface area (Å²) in [4.78, 5) is 0. The summed E-state index contributed by atoms with van der Waals surface area (Å²) in [5.74, 6) is 0. The van der Waals surface area contributed by atoms with E-state index in [-0.39, 0.29) is 6.43 Å². The molecule has 0 atom stereocenters. The van der Waals surface area contributed by atoms with E-state index in [1.165, 1.54) is 5.57 Å². The molecule has 0 aromatic rings. The Bertz CT molecular complexity index is 381. The van der Waals surface area contributed by atoms with Crippen LogP contribution in [0.3, 0.4) is 0 Å². The fourth-order valence-corrected chi connectivity index (χ4v) is 4.49. The van der Waals surface area contributed by atoms with Gasteiger partial charge in [-0.15, -0.1) is 0 Å². The second-order valence-electron chi connectivity index (χ2n) is 4.39. The lowest BCUT2D eigenvalue weighted by atomic mass is 10.2. The minimum Gasteiger partial charge on any atom is -0.299 e. The van der Waals surface area contributed by atoms with Gasteiger partial charge in [0.1, 0.15) is 4.29 Å². The van der Waals surface area contributed by atoms with Crippen molar-refractivity contribution in [3.8, 4) is 0 Å². The van der Waals surface area contributed by atoms with E-state index in [0.717, 1.165) is 13.0 Å². The van der Waals surface area contributed by atoms with Gasteiger partial charge < -0.3 is 0 Å². The maximum atomic E-state index is 3.56. The van der Waals surface area contributed by atoms with Crippen LogP contribution in [0.2, 0.25) is 0 Å². The molecular formula is C9H10Br9N3. The number of nitrogens with one attached hydrogen (secondary N) is 1. The predicted octanol–water partition coefficient (Wildman–Crippen LogP) is 6.81. The number of hydrazine groups is 2. The monoisotopic (exact) mass is 870 g/mol. The lowest BCUT2D eigenvalue weighted by Crippen LogP contribution is -2.55.